The number of anilines is 1. The van der Waals surface area contributed by atoms with Gasteiger partial charge in [0, 0.05) is 50.5 Å². The number of nitrogens with zero attached hydrogens (tertiary/aromatic N) is 4. The normalized spacial score (nSPS) is 25.1. The van der Waals surface area contributed by atoms with Crippen LogP contribution < -0.4 is 4.90 Å². The molecule has 2 saturated heterocycles. The monoisotopic (exact) mass is 324 g/mol. The minimum atomic E-state index is 0.197. The van der Waals surface area contributed by atoms with Gasteiger partial charge in [-0.25, -0.2) is 4.98 Å². The van der Waals surface area contributed by atoms with Crippen LogP contribution in [0.25, 0.3) is 0 Å². The second kappa shape index (κ2) is 6.87. The van der Waals surface area contributed by atoms with Crippen molar-refractivity contribution in [3.8, 4) is 0 Å². The van der Waals surface area contributed by atoms with Crippen LogP contribution in [0.4, 0.5) is 5.82 Å². The lowest BCUT2D eigenvalue weighted by molar-refractivity contribution is 0.0798. The minimum Gasteiger partial charge on any atom is -0.379 e. The van der Waals surface area contributed by atoms with Gasteiger partial charge in [-0.1, -0.05) is 12.1 Å². The van der Waals surface area contributed by atoms with Crippen molar-refractivity contribution >= 4 is 5.82 Å². The van der Waals surface area contributed by atoms with Crippen molar-refractivity contribution in [3.63, 3.8) is 0 Å². The molecule has 0 aliphatic carbocycles. The lowest BCUT2D eigenvalue weighted by atomic mass is 9.87. The highest BCUT2D eigenvalue weighted by atomic mass is 16.5. The fourth-order valence-corrected chi connectivity index (χ4v) is 3.86. The average molecular weight is 324 g/mol. The Kier molecular flexibility index (Phi) is 4.45. The summed E-state index contributed by atoms with van der Waals surface area (Å²) < 4.78 is 5.98. The predicted octanol–water partition coefficient (Wildman–Crippen LogP) is 2.21. The van der Waals surface area contributed by atoms with Crippen molar-refractivity contribution in [3.05, 3.63) is 54.5 Å². The van der Waals surface area contributed by atoms with Crippen LogP contribution in [0.1, 0.15) is 12.1 Å². The van der Waals surface area contributed by atoms with Gasteiger partial charge in [0.05, 0.1) is 18.9 Å². The van der Waals surface area contributed by atoms with Gasteiger partial charge in [-0.2, -0.15) is 0 Å². The Morgan fingerprint density at radius 3 is 2.67 bits per heavy atom. The molecule has 4 heterocycles. The lowest BCUT2D eigenvalue weighted by Gasteiger charge is -2.31. The molecule has 0 radical (unpaired) electrons. The number of rotatable bonds is 3. The van der Waals surface area contributed by atoms with E-state index < -0.39 is 0 Å². The van der Waals surface area contributed by atoms with Crippen molar-refractivity contribution in [1.82, 2.24) is 14.9 Å². The van der Waals surface area contributed by atoms with E-state index in [9.17, 15) is 0 Å². The number of aromatic nitrogens is 2. The molecule has 24 heavy (non-hydrogen) atoms. The number of ether oxygens (including phenoxy) is 1. The van der Waals surface area contributed by atoms with E-state index in [1.54, 1.807) is 0 Å². The first-order chi connectivity index (χ1) is 11.8. The van der Waals surface area contributed by atoms with Crippen LogP contribution in [-0.2, 0) is 11.3 Å². The summed E-state index contributed by atoms with van der Waals surface area (Å²) >= 11 is 0. The average Bonchev–Trinajstić information content (AvgIpc) is 2.94. The van der Waals surface area contributed by atoms with Crippen LogP contribution in [0.2, 0.25) is 0 Å². The second-order valence-corrected chi connectivity index (χ2v) is 6.94. The van der Waals surface area contributed by atoms with Gasteiger partial charge in [-0.05, 0) is 30.7 Å². The number of hydrogen-bond donors (Lipinski definition) is 0. The Hall–Kier alpha value is -1.98. The van der Waals surface area contributed by atoms with E-state index in [2.05, 4.69) is 44.0 Å². The molecule has 0 N–H and O–H groups in total. The smallest absolute Gasteiger partial charge is 0.128 e. The van der Waals surface area contributed by atoms with Crippen LogP contribution in [0.15, 0.2) is 48.8 Å². The fraction of sp³-hybridized carbons (Fsp3) is 0.474. The van der Waals surface area contributed by atoms with E-state index in [0.717, 1.165) is 63.9 Å². The van der Waals surface area contributed by atoms with Crippen molar-refractivity contribution in [2.75, 3.05) is 44.3 Å². The summed E-state index contributed by atoms with van der Waals surface area (Å²) in [6, 6.07) is 12.3. The highest BCUT2D eigenvalue weighted by molar-refractivity contribution is 5.40. The van der Waals surface area contributed by atoms with Gasteiger partial charge in [-0.3, -0.25) is 9.88 Å². The van der Waals surface area contributed by atoms with E-state index >= 15 is 0 Å². The van der Waals surface area contributed by atoms with Crippen molar-refractivity contribution in [2.45, 2.75) is 13.0 Å². The molecule has 0 amide bonds. The SMILES string of the molecule is c1ccc(CN2CCOC[C@@]3(CCN(c4ccccn4)C3)C2)nc1. The molecule has 0 aromatic carbocycles. The topological polar surface area (TPSA) is 41.5 Å². The van der Waals surface area contributed by atoms with Crippen molar-refractivity contribution in [2.24, 2.45) is 5.41 Å². The van der Waals surface area contributed by atoms with Gasteiger partial charge in [0.2, 0.25) is 0 Å². The quantitative estimate of drug-likeness (QED) is 0.866. The summed E-state index contributed by atoms with van der Waals surface area (Å²) in [6.45, 7) is 6.65. The third-order valence-corrected chi connectivity index (χ3v) is 5.04. The summed E-state index contributed by atoms with van der Waals surface area (Å²) in [5.74, 6) is 1.08. The van der Waals surface area contributed by atoms with Crippen LogP contribution in [0.3, 0.4) is 0 Å². The molecule has 2 aliphatic rings. The molecule has 5 nitrogen and oxygen atoms in total. The summed E-state index contributed by atoms with van der Waals surface area (Å²) in [5, 5.41) is 0. The van der Waals surface area contributed by atoms with E-state index in [1.165, 1.54) is 0 Å². The highest BCUT2D eigenvalue weighted by Gasteiger charge is 2.41. The van der Waals surface area contributed by atoms with Crippen molar-refractivity contribution in [1.29, 1.82) is 0 Å². The molecule has 1 atom stereocenters. The third kappa shape index (κ3) is 3.42. The highest BCUT2D eigenvalue weighted by Crippen LogP contribution is 2.35. The van der Waals surface area contributed by atoms with Gasteiger partial charge in [0.25, 0.3) is 0 Å². The van der Waals surface area contributed by atoms with E-state index in [1.807, 2.05) is 24.5 Å². The second-order valence-electron chi connectivity index (χ2n) is 6.94. The molecule has 0 unspecified atom stereocenters. The Bertz CT molecular complexity index is 651. The molecule has 2 aromatic heterocycles. The molecular weight excluding hydrogens is 300 g/mol. The largest absolute Gasteiger partial charge is 0.379 e. The Balaban J connectivity index is 1.46. The van der Waals surface area contributed by atoms with Gasteiger partial charge in [-0.15, -0.1) is 0 Å². The molecular formula is C19H24N4O. The summed E-state index contributed by atoms with van der Waals surface area (Å²) in [6.07, 6.45) is 4.90. The zero-order valence-corrected chi connectivity index (χ0v) is 14.0. The Morgan fingerprint density at radius 2 is 1.88 bits per heavy atom. The van der Waals surface area contributed by atoms with E-state index in [-0.39, 0.29) is 5.41 Å². The molecule has 0 bridgehead atoms. The predicted molar refractivity (Wildman–Crippen MR) is 93.8 cm³/mol. The first-order valence-electron chi connectivity index (χ1n) is 8.69. The lowest BCUT2D eigenvalue weighted by Crippen LogP contribution is -2.40. The van der Waals surface area contributed by atoms with Gasteiger partial charge < -0.3 is 9.64 Å². The maximum atomic E-state index is 5.98. The zero-order chi connectivity index (χ0) is 16.2. The van der Waals surface area contributed by atoms with Crippen LogP contribution in [-0.4, -0.2) is 54.3 Å². The van der Waals surface area contributed by atoms with Gasteiger partial charge in [0.1, 0.15) is 5.82 Å². The van der Waals surface area contributed by atoms with Gasteiger partial charge in [0.15, 0.2) is 0 Å². The standard InChI is InChI=1S/C19H24N4O/c1-3-8-20-17(5-1)13-22-11-12-24-16-19(14-22)7-10-23(15-19)18-6-2-4-9-21-18/h1-6,8-9H,7,10-16H2/t19-/m0/s1. The molecule has 2 aliphatic heterocycles. The molecule has 2 fully saturated rings. The summed E-state index contributed by atoms with van der Waals surface area (Å²) in [7, 11) is 0. The molecule has 126 valence electrons. The van der Waals surface area contributed by atoms with E-state index in [4.69, 9.17) is 4.74 Å². The minimum absolute atomic E-state index is 0.197. The third-order valence-electron chi connectivity index (χ3n) is 5.04. The zero-order valence-electron chi connectivity index (χ0n) is 14.0. The Morgan fingerprint density at radius 1 is 1.00 bits per heavy atom. The number of pyridine rings is 2. The molecule has 4 rings (SSSR count). The summed E-state index contributed by atoms with van der Waals surface area (Å²) in [4.78, 5) is 13.9. The Labute approximate surface area is 143 Å². The van der Waals surface area contributed by atoms with Crippen molar-refractivity contribution < 1.29 is 4.74 Å². The van der Waals surface area contributed by atoms with Crippen LogP contribution in [0, 0.1) is 5.41 Å². The molecule has 0 saturated carbocycles. The fourth-order valence-electron chi connectivity index (χ4n) is 3.86. The first-order valence-corrected chi connectivity index (χ1v) is 8.69. The number of hydrogen-bond acceptors (Lipinski definition) is 5. The maximum Gasteiger partial charge on any atom is 0.128 e. The molecule has 2 aromatic rings. The molecule has 5 heteroatoms. The van der Waals surface area contributed by atoms with Crippen LogP contribution >= 0.6 is 0 Å². The van der Waals surface area contributed by atoms with E-state index in [0.29, 0.717) is 0 Å². The van der Waals surface area contributed by atoms with Gasteiger partial charge >= 0.3 is 0 Å². The first kappa shape index (κ1) is 15.5. The maximum absolute atomic E-state index is 5.98. The van der Waals surface area contributed by atoms with Crippen LogP contribution in [0.5, 0.6) is 0 Å². The molecule has 1 spiro atoms. The summed E-state index contributed by atoms with van der Waals surface area (Å²) in [5.41, 5.74) is 1.33.